The van der Waals surface area contributed by atoms with E-state index in [2.05, 4.69) is 23.8 Å². The van der Waals surface area contributed by atoms with Gasteiger partial charge in [-0.3, -0.25) is 9.59 Å². The molecule has 0 radical (unpaired) electrons. The Bertz CT molecular complexity index is 938. The molecule has 0 aromatic heterocycles. The molecule has 0 spiro atoms. The van der Waals surface area contributed by atoms with Crippen LogP contribution < -0.4 is 10.6 Å². The molecule has 0 aliphatic carbocycles. The fourth-order valence-electron chi connectivity index (χ4n) is 3.25. The van der Waals surface area contributed by atoms with Crippen molar-refractivity contribution in [2.75, 3.05) is 0 Å². The van der Waals surface area contributed by atoms with Crippen LogP contribution in [0.5, 0.6) is 0 Å². The zero-order valence-corrected chi connectivity index (χ0v) is 20.0. The molecule has 7 heteroatoms. The third-order valence-corrected chi connectivity index (χ3v) is 5.10. The van der Waals surface area contributed by atoms with Gasteiger partial charge in [-0.1, -0.05) is 73.8 Å². The summed E-state index contributed by atoms with van der Waals surface area (Å²) in [6.07, 6.45) is -2.56. The molecule has 180 valence electrons. The van der Waals surface area contributed by atoms with Crippen LogP contribution in [0.1, 0.15) is 51.0 Å². The molecule has 2 rings (SSSR count). The van der Waals surface area contributed by atoms with Gasteiger partial charge in [0.1, 0.15) is 0 Å². The van der Waals surface area contributed by atoms with E-state index >= 15 is 0 Å². The van der Waals surface area contributed by atoms with Crippen LogP contribution in [0, 0.1) is 0 Å². The molecule has 4 unspecified atom stereocenters. The van der Waals surface area contributed by atoms with Gasteiger partial charge in [0, 0.05) is 11.1 Å². The molecular formula is C27H32N2O5. The van der Waals surface area contributed by atoms with Gasteiger partial charge in [0.15, 0.2) is 12.2 Å². The predicted molar refractivity (Wildman–Crippen MR) is 131 cm³/mol. The number of nitrogens with one attached hydrogen (secondary N) is 2. The summed E-state index contributed by atoms with van der Waals surface area (Å²) >= 11 is 0. The summed E-state index contributed by atoms with van der Waals surface area (Å²) in [5, 5.41) is 5.58. The Kier molecular flexibility index (Phi) is 9.62. The highest BCUT2D eigenvalue weighted by Crippen LogP contribution is 2.26. The Morgan fingerprint density at radius 1 is 0.676 bits per heavy atom. The van der Waals surface area contributed by atoms with Gasteiger partial charge >= 0.3 is 6.16 Å². The lowest BCUT2D eigenvalue weighted by Crippen LogP contribution is -2.41. The highest BCUT2D eigenvalue weighted by atomic mass is 16.7. The van der Waals surface area contributed by atoms with Crippen LogP contribution in [0.25, 0.3) is 0 Å². The van der Waals surface area contributed by atoms with Crippen molar-refractivity contribution < 1.29 is 23.9 Å². The summed E-state index contributed by atoms with van der Waals surface area (Å²) in [6, 6.07) is 17.0. The van der Waals surface area contributed by atoms with E-state index in [1.54, 1.807) is 52.0 Å². The van der Waals surface area contributed by atoms with E-state index in [4.69, 9.17) is 9.47 Å². The van der Waals surface area contributed by atoms with E-state index in [9.17, 15) is 14.4 Å². The van der Waals surface area contributed by atoms with Crippen LogP contribution >= 0.6 is 0 Å². The topological polar surface area (TPSA) is 93.7 Å². The van der Waals surface area contributed by atoms with Gasteiger partial charge in [-0.05, 0) is 38.8 Å². The van der Waals surface area contributed by atoms with Crippen LogP contribution in [0.4, 0.5) is 4.79 Å². The van der Waals surface area contributed by atoms with Gasteiger partial charge in [0.25, 0.3) is 0 Å². The van der Waals surface area contributed by atoms with E-state index in [0.717, 1.165) is 0 Å². The van der Waals surface area contributed by atoms with Gasteiger partial charge < -0.3 is 20.1 Å². The van der Waals surface area contributed by atoms with Crippen molar-refractivity contribution in [3.05, 3.63) is 96.1 Å². The number of rotatable bonds is 10. The first-order valence-corrected chi connectivity index (χ1v) is 11.0. The largest absolute Gasteiger partial charge is 0.509 e. The molecule has 2 amide bonds. The Balaban J connectivity index is 2.25. The summed E-state index contributed by atoms with van der Waals surface area (Å²) in [4.78, 5) is 37.3. The van der Waals surface area contributed by atoms with Gasteiger partial charge in [0.05, 0.1) is 12.1 Å². The van der Waals surface area contributed by atoms with Crippen LogP contribution in [0.15, 0.2) is 85.0 Å². The van der Waals surface area contributed by atoms with Crippen molar-refractivity contribution in [2.45, 2.75) is 52.0 Å². The molecule has 0 aliphatic rings. The molecule has 2 N–H and O–H groups in total. The quantitative estimate of drug-likeness (QED) is 0.390. The number of benzene rings is 2. The van der Waals surface area contributed by atoms with E-state index in [-0.39, 0.29) is 11.8 Å². The van der Waals surface area contributed by atoms with Gasteiger partial charge in [0.2, 0.25) is 11.8 Å². The maximum atomic E-state index is 13.0. The van der Waals surface area contributed by atoms with Crippen molar-refractivity contribution in [1.82, 2.24) is 10.6 Å². The monoisotopic (exact) mass is 464 g/mol. The van der Waals surface area contributed by atoms with Crippen LogP contribution in [-0.2, 0) is 19.1 Å². The van der Waals surface area contributed by atoms with Gasteiger partial charge in [-0.25, -0.2) is 4.79 Å². The number of carbonyl (C=O) groups excluding carboxylic acids is 3. The van der Waals surface area contributed by atoms with Gasteiger partial charge in [-0.2, -0.15) is 0 Å². The molecule has 2 aromatic carbocycles. The maximum Gasteiger partial charge on any atom is 0.509 e. The second-order valence-corrected chi connectivity index (χ2v) is 8.23. The summed E-state index contributed by atoms with van der Waals surface area (Å²) < 4.78 is 11.4. The molecule has 0 aliphatic heterocycles. The third kappa shape index (κ3) is 7.62. The number of amides is 2. The second kappa shape index (κ2) is 12.4. The minimum absolute atomic E-state index is 0.340. The van der Waals surface area contributed by atoms with Gasteiger partial charge in [-0.15, -0.1) is 0 Å². The summed E-state index contributed by atoms with van der Waals surface area (Å²) in [5.41, 5.74) is 2.06. The normalized spacial score (nSPS) is 14.0. The maximum absolute atomic E-state index is 13.0. The Labute approximate surface area is 200 Å². The Morgan fingerprint density at radius 3 is 1.29 bits per heavy atom. The van der Waals surface area contributed by atoms with Crippen molar-refractivity contribution in [3.8, 4) is 0 Å². The fraction of sp³-hybridized carbons (Fsp3) is 0.296. The second-order valence-electron chi connectivity index (χ2n) is 8.23. The molecule has 0 saturated heterocycles. The van der Waals surface area contributed by atoms with E-state index in [1.165, 1.54) is 0 Å². The highest BCUT2D eigenvalue weighted by molar-refractivity contribution is 5.92. The fourth-order valence-corrected chi connectivity index (χ4v) is 3.25. The molecule has 4 atom stereocenters. The van der Waals surface area contributed by atoms with E-state index < -0.39 is 30.4 Å². The first kappa shape index (κ1) is 26.4. The zero-order valence-electron chi connectivity index (χ0n) is 20.0. The van der Waals surface area contributed by atoms with Crippen molar-refractivity contribution in [2.24, 2.45) is 0 Å². The number of ether oxygens (including phenoxy) is 2. The Hall–Kier alpha value is -3.87. The number of carbonyl (C=O) groups is 3. The standard InChI is InChI=1S/C27H32N2O5/c1-17(2)25(30)28-19(5)23(21-13-9-7-10-14-21)33-27(32)34-24(22-15-11-8-12-16-22)20(6)29-26(31)18(3)4/h7-16,19-20,23-24H,1,3H2,2,4-6H3,(H,28,30)(H,29,31). The average Bonchev–Trinajstić information content (AvgIpc) is 2.81. The van der Waals surface area contributed by atoms with E-state index in [1.807, 2.05) is 36.4 Å². The third-order valence-electron chi connectivity index (χ3n) is 5.10. The van der Waals surface area contributed by atoms with Crippen molar-refractivity contribution in [1.29, 1.82) is 0 Å². The van der Waals surface area contributed by atoms with Crippen molar-refractivity contribution >= 4 is 18.0 Å². The molecule has 2 aromatic rings. The molecule has 34 heavy (non-hydrogen) atoms. The smallest absolute Gasteiger partial charge is 0.424 e. The molecular weight excluding hydrogens is 432 g/mol. The minimum atomic E-state index is -0.935. The average molecular weight is 465 g/mol. The van der Waals surface area contributed by atoms with Crippen LogP contribution in [0.2, 0.25) is 0 Å². The molecule has 0 bridgehead atoms. The lowest BCUT2D eigenvalue weighted by atomic mass is 10.0. The zero-order chi connectivity index (χ0) is 25.3. The van der Waals surface area contributed by atoms with Crippen LogP contribution in [0.3, 0.4) is 0 Å². The first-order chi connectivity index (χ1) is 16.1. The molecule has 0 saturated carbocycles. The molecule has 0 heterocycles. The SMILES string of the molecule is C=C(C)C(=O)NC(C)C(OC(=O)OC(c1ccccc1)C(C)NC(=O)C(=C)C)c1ccccc1. The van der Waals surface area contributed by atoms with E-state index in [0.29, 0.717) is 22.3 Å². The number of hydrogen-bond acceptors (Lipinski definition) is 5. The molecule has 0 fully saturated rings. The lowest BCUT2D eigenvalue weighted by Gasteiger charge is -2.28. The summed E-state index contributed by atoms with van der Waals surface area (Å²) in [6.45, 7) is 13.9. The Morgan fingerprint density at radius 2 is 1.00 bits per heavy atom. The molecule has 7 nitrogen and oxygen atoms in total. The summed E-state index contributed by atoms with van der Waals surface area (Å²) in [7, 11) is 0. The highest BCUT2D eigenvalue weighted by Gasteiger charge is 2.30. The lowest BCUT2D eigenvalue weighted by molar-refractivity contribution is -0.119. The number of hydrogen-bond donors (Lipinski definition) is 2. The first-order valence-electron chi connectivity index (χ1n) is 11.0. The summed E-state index contributed by atoms with van der Waals surface area (Å²) in [5.74, 6) is -0.688. The van der Waals surface area contributed by atoms with Crippen LogP contribution in [-0.4, -0.2) is 30.1 Å². The minimum Gasteiger partial charge on any atom is -0.424 e. The van der Waals surface area contributed by atoms with Crippen molar-refractivity contribution in [3.63, 3.8) is 0 Å². The predicted octanol–water partition coefficient (Wildman–Crippen LogP) is 4.78.